The van der Waals surface area contributed by atoms with Crippen LogP contribution in [0.2, 0.25) is 0 Å². The van der Waals surface area contributed by atoms with Gasteiger partial charge in [-0.2, -0.15) is 0 Å². The molecule has 0 atom stereocenters. The quantitative estimate of drug-likeness (QED) is 0.842. The molecule has 0 saturated heterocycles. The molecule has 2 heterocycles. The summed E-state index contributed by atoms with van der Waals surface area (Å²) >= 11 is 1.65. The van der Waals surface area contributed by atoms with Crippen molar-refractivity contribution in [2.45, 2.75) is 13.8 Å². The smallest absolute Gasteiger partial charge is 0.212 e. The van der Waals surface area contributed by atoms with Crippen molar-refractivity contribution < 1.29 is 5.11 Å². The fourth-order valence-corrected chi connectivity index (χ4v) is 2.49. The number of rotatable bonds is 3. The second-order valence-corrected chi connectivity index (χ2v) is 4.07. The van der Waals surface area contributed by atoms with Gasteiger partial charge in [-0.15, -0.1) is 11.3 Å². The summed E-state index contributed by atoms with van der Waals surface area (Å²) in [7, 11) is 0. The van der Waals surface area contributed by atoms with Crippen molar-refractivity contribution in [1.82, 2.24) is 4.68 Å². The Morgan fingerprint density at radius 2 is 2.14 bits per heavy atom. The van der Waals surface area contributed by atoms with Crippen molar-refractivity contribution in [2.75, 3.05) is 18.1 Å². The first kappa shape index (κ1) is 9.40. The Balaban J connectivity index is 2.57. The third kappa shape index (κ3) is 1.26. The third-order valence-corrected chi connectivity index (χ3v) is 3.24. The highest BCUT2D eigenvalue weighted by molar-refractivity contribution is 7.17. The van der Waals surface area contributed by atoms with Crippen LogP contribution in [0.15, 0.2) is 17.5 Å². The van der Waals surface area contributed by atoms with Gasteiger partial charge in [0.1, 0.15) is 0 Å². The van der Waals surface area contributed by atoms with E-state index in [1.165, 1.54) is 0 Å². The summed E-state index contributed by atoms with van der Waals surface area (Å²) < 4.78 is 3.01. The Hall–Kier alpha value is -1.16. The molecule has 2 aromatic heterocycles. The molecule has 0 aromatic carbocycles. The minimum absolute atomic E-state index is 0.329. The monoisotopic (exact) mass is 210 g/mol. The van der Waals surface area contributed by atoms with E-state index < -0.39 is 0 Å². The maximum atomic E-state index is 9.78. The van der Waals surface area contributed by atoms with Gasteiger partial charge in [0.25, 0.3) is 0 Å². The van der Waals surface area contributed by atoms with E-state index in [0.29, 0.717) is 5.88 Å². The summed E-state index contributed by atoms with van der Waals surface area (Å²) in [6.07, 6.45) is 0. The molecule has 0 aliphatic rings. The molecule has 3 nitrogen and oxygen atoms in total. The van der Waals surface area contributed by atoms with E-state index >= 15 is 0 Å². The van der Waals surface area contributed by atoms with Crippen LogP contribution in [0.4, 0.5) is 0 Å². The van der Waals surface area contributed by atoms with Gasteiger partial charge < -0.3 is 10.1 Å². The highest BCUT2D eigenvalue weighted by atomic mass is 32.1. The summed E-state index contributed by atoms with van der Waals surface area (Å²) in [4.78, 5) is 0. The highest BCUT2D eigenvalue weighted by Gasteiger charge is 2.12. The normalized spacial score (nSPS) is 11.0. The average Bonchev–Trinajstić information content (AvgIpc) is 2.70. The number of fused-ring (bicyclic) bond motifs is 1. The van der Waals surface area contributed by atoms with E-state index in [1.54, 1.807) is 11.3 Å². The van der Waals surface area contributed by atoms with Crippen LogP contribution >= 0.6 is 11.3 Å². The SMILES string of the molecule is CCN(CC)n1c(O)cc2sccc21. The molecule has 0 radical (unpaired) electrons. The molecule has 14 heavy (non-hydrogen) atoms. The van der Waals surface area contributed by atoms with Crippen molar-refractivity contribution >= 4 is 21.6 Å². The maximum absolute atomic E-state index is 9.78. The predicted molar refractivity (Wildman–Crippen MR) is 60.8 cm³/mol. The summed E-state index contributed by atoms with van der Waals surface area (Å²) in [5.74, 6) is 0.329. The van der Waals surface area contributed by atoms with Gasteiger partial charge in [0.05, 0.1) is 10.2 Å². The molecule has 0 fully saturated rings. The summed E-state index contributed by atoms with van der Waals surface area (Å²) in [6, 6.07) is 3.86. The molecular formula is C10H14N2OS. The van der Waals surface area contributed by atoms with Crippen LogP contribution in [0.25, 0.3) is 10.2 Å². The van der Waals surface area contributed by atoms with Crippen molar-refractivity contribution in [3.63, 3.8) is 0 Å². The molecule has 0 aliphatic carbocycles. The number of hydrogen-bond donors (Lipinski definition) is 1. The van der Waals surface area contributed by atoms with Crippen LogP contribution in [0.5, 0.6) is 5.88 Å². The van der Waals surface area contributed by atoms with Crippen LogP contribution in [-0.4, -0.2) is 22.9 Å². The predicted octanol–water partition coefficient (Wildman–Crippen LogP) is 2.39. The molecule has 0 spiro atoms. The van der Waals surface area contributed by atoms with Crippen molar-refractivity contribution in [3.8, 4) is 5.88 Å². The Morgan fingerprint density at radius 1 is 1.43 bits per heavy atom. The Bertz CT molecular complexity index is 428. The molecule has 0 bridgehead atoms. The molecule has 4 heteroatoms. The zero-order valence-corrected chi connectivity index (χ0v) is 9.21. The highest BCUT2D eigenvalue weighted by Crippen LogP contribution is 2.28. The molecule has 0 amide bonds. The first-order valence-corrected chi connectivity index (χ1v) is 5.69. The van der Waals surface area contributed by atoms with Crippen LogP contribution in [-0.2, 0) is 0 Å². The molecule has 0 unspecified atom stereocenters. The lowest BCUT2D eigenvalue weighted by molar-refractivity contribution is 0.414. The van der Waals surface area contributed by atoms with Crippen LogP contribution in [0.3, 0.4) is 0 Å². The van der Waals surface area contributed by atoms with E-state index in [0.717, 1.165) is 23.3 Å². The van der Waals surface area contributed by atoms with Crippen LogP contribution in [0, 0.1) is 0 Å². The fourth-order valence-electron chi connectivity index (χ4n) is 1.70. The van der Waals surface area contributed by atoms with Gasteiger partial charge in [0, 0.05) is 19.2 Å². The van der Waals surface area contributed by atoms with E-state index in [-0.39, 0.29) is 0 Å². The van der Waals surface area contributed by atoms with Crippen molar-refractivity contribution in [2.24, 2.45) is 0 Å². The fraction of sp³-hybridized carbons (Fsp3) is 0.400. The van der Waals surface area contributed by atoms with E-state index in [9.17, 15) is 5.11 Å². The van der Waals surface area contributed by atoms with Crippen LogP contribution in [0.1, 0.15) is 13.8 Å². The third-order valence-electron chi connectivity index (χ3n) is 2.39. The van der Waals surface area contributed by atoms with Crippen LogP contribution < -0.4 is 5.01 Å². The number of thiophene rings is 1. The molecule has 76 valence electrons. The topological polar surface area (TPSA) is 28.4 Å². The Labute approximate surface area is 87.2 Å². The lowest BCUT2D eigenvalue weighted by Crippen LogP contribution is -2.33. The molecule has 2 aromatic rings. The summed E-state index contributed by atoms with van der Waals surface area (Å²) in [6.45, 7) is 5.95. The van der Waals surface area contributed by atoms with Gasteiger partial charge in [-0.25, -0.2) is 4.68 Å². The van der Waals surface area contributed by atoms with Gasteiger partial charge in [-0.3, -0.25) is 0 Å². The molecular weight excluding hydrogens is 196 g/mol. The standard InChI is InChI=1S/C10H14N2OS/c1-3-11(4-2)12-8-5-6-14-9(8)7-10(12)13/h5-7,13H,3-4H2,1-2H3. The molecule has 0 aliphatic heterocycles. The lowest BCUT2D eigenvalue weighted by Gasteiger charge is -2.23. The first-order chi connectivity index (χ1) is 6.77. The second kappa shape index (κ2) is 3.53. The number of aromatic hydroxyl groups is 1. The molecule has 2 rings (SSSR count). The summed E-state index contributed by atoms with van der Waals surface area (Å²) in [5.41, 5.74) is 1.09. The van der Waals surface area contributed by atoms with Gasteiger partial charge in [0.15, 0.2) is 0 Å². The van der Waals surface area contributed by atoms with E-state index in [1.807, 2.05) is 22.2 Å². The second-order valence-electron chi connectivity index (χ2n) is 3.12. The summed E-state index contributed by atoms with van der Waals surface area (Å²) in [5, 5.41) is 13.9. The Morgan fingerprint density at radius 3 is 2.79 bits per heavy atom. The van der Waals surface area contributed by atoms with E-state index in [2.05, 4.69) is 18.9 Å². The van der Waals surface area contributed by atoms with Crippen molar-refractivity contribution in [3.05, 3.63) is 17.5 Å². The zero-order chi connectivity index (χ0) is 10.1. The van der Waals surface area contributed by atoms with Crippen molar-refractivity contribution in [1.29, 1.82) is 0 Å². The van der Waals surface area contributed by atoms with Gasteiger partial charge in [0.2, 0.25) is 5.88 Å². The minimum atomic E-state index is 0.329. The minimum Gasteiger partial charge on any atom is -0.493 e. The molecule has 1 N–H and O–H groups in total. The average molecular weight is 210 g/mol. The van der Waals surface area contributed by atoms with E-state index in [4.69, 9.17) is 0 Å². The zero-order valence-electron chi connectivity index (χ0n) is 8.40. The number of aromatic nitrogens is 1. The maximum Gasteiger partial charge on any atom is 0.212 e. The van der Waals surface area contributed by atoms with Gasteiger partial charge >= 0.3 is 0 Å². The number of nitrogens with zero attached hydrogens (tertiary/aromatic N) is 2. The molecule has 0 saturated carbocycles. The van der Waals surface area contributed by atoms with Gasteiger partial charge in [-0.1, -0.05) is 0 Å². The Kier molecular flexibility index (Phi) is 2.37. The largest absolute Gasteiger partial charge is 0.493 e. The van der Waals surface area contributed by atoms with Gasteiger partial charge in [-0.05, 0) is 25.3 Å². The number of hydrogen-bond acceptors (Lipinski definition) is 3. The first-order valence-electron chi connectivity index (χ1n) is 4.81. The lowest BCUT2D eigenvalue weighted by atomic mass is 10.5.